The molecule has 1 aliphatic rings. The number of aliphatic imine (C=N–C) groups is 1. The fourth-order valence-corrected chi connectivity index (χ4v) is 0.745. The minimum Gasteiger partial charge on any atom is -0.365 e. The highest BCUT2D eigenvalue weighted by molar-refractivity contribution is 5.97. The van der Waals surface area contributed by atoms with Crippen LogP contribution in [-0.4, -0.2) is 12.1 Å². The van der Waals surface area contributed by atoms with Crippen LogP contribution in [0.4, 0.5) is 0 Å². The van der Waals surface area contributed by atoms with E-state index in [9.17, 15) is 4.79 Å². The Morgan fingerprint density at radius 1 is 1.70 bits per heavy atom. The molecule has 0 spiro atoms. The van der Waals surface area contributed by atoms with Gasteiger partial charge in [0.05, 0.1) is 4.99 Å². The fraction of sp³-hybridized carbons (Fsp3) is 0.143. The number of nitrogens with two attached hydrogens (primary N) is 1. The Kier molecular flexibility index (Phi) is 1.67. The molecule has 0 aromatic rings. The third kappa shape index (κ3) is 1.13. The molecule has 0 aromatic carbocycles. The first kappa shape index (κ1) is 6.74. The molecule has 1 radical (unpaired) electrons. The Hall–Kier alpha value is -1.38. The molecule has 1 rings (SSSR count). The Labute approximate surface area is 58.9 Å². The number of amides is 1. The number of carbonyl (C=O) groups excluding carboxylic acids is 1. The van der Waals surface area contributed by atoms with Crippen molar-refractivity contribution in [3.05, 3.63) is 23.4 Å². The van der Waals surface area contributed by atoms with Crippen molar-refractivity contribution < 1.29 is 4.79 Å². The second kappa shape index (κ2) is 2.47. The van der Waals surface area contributed by atoms with Gasteiger partial charge in [-0.2, -0.15) is 0 Å². The topological polar surface area (TPSA) is 57.2 Å². The molecule has 10 heavy (non-hydrogen) atoms. The number of carbonyl (C=O) groups is 1. The molecule has 0 saturated heterocycles. The van der Waals surface area contributed by atoms with Gasteiger partial charge in [-0.15, -0.1) is 0 Å². The van der Waals surface area contributed by atoms with E-state index in [0.29, 0.717) is 11.3 Å². The van der Waals surface area contributed by atoms with Gasteiger partial charge in [-0.25, -0.2) is 0 Å². The monoisotopic (exact) mass is 136 g/mol. The third-order valence-electron chi connectivity index (χ3n) is 1.27. The second-order valence-electron chi connectivity index (χ2n) is 2.00. The van der Waals surface area contributed by atoms with Crippen LogP contribution in [0.5, 0.6) is 0 Å². The van der Waals surface area contributed by atoms with E-state index in [1.54, 1.807) is 25.3 Å². The number of hydrogen-bond donors (Lipinski definition) is 1. The van der Waals surface area contributed by atoms with Crippen molar-refractivity contribution in [2.75, 3.05) is 0 Å². The summed E-state index contributed by atoms with van der Waals surface area (Å²) < 4.78 is 0. The van der Waals surface area contributed by atoms with Gasteiger partial charge in [0.2, 0.25) is 6.21 Å². The normalized spacial score (nSPS) is 16.1. The van der Waals surface area contributed by atoms with E-state index in [1.807, 2.05) is 0 Å². The lowest BCUT2D eigenvalue weighted by Gasteiger charge is -1.92. The van der Waals surface area contributed by atoms with Gasteiger partial charge in [0.15, 0.2) is 0 Å². The average Bonchev–Trinajstić information content (AvgIpc) is 1.88. The van der Waals surface area contributed by atoms with E-state index < -0.39 is 5.91 Å². The molecule has 1 amide bonds. The van der Waals surface area contributed by atoms with Gasteiger partial charge >= 0.3 is 0 Å². The van der Waals surface area contributed by atoms with Gasteiger partial charge < -0.3 is 5.73 Å². The molecule has 0 aromatic heterocycles. The minimum atomic E-state index is -0.425. The maximum absolute atomic E-state index is 10.6. The molecular formula is C7H8N2O+. The molecule has 2 N–H and O–H groups in total. The highest BCUT2D eigenvalue weighted by Crippen LogP contribution is 2.03. The lowest BCUT2D eigenvalue weighted by molar-refractivity contribution is -0.114. The maximum Gasteiger partial charge on any atom is 0.263 e. The zero-order valence-electron chi connectivity index (χ0n) is 5.66. The molecule has 1 aliphatic heterocycles. The predicted molar refractivity (Wildman–Crippen MR) is 39.2 cm³/mol. The Bertz CT molecular complexity index is 248. The van der Waals surface area contributed by atoms with Crippen molar-refractivity contribution in [3.8, 4) is 0 Å². The van der Waals surface area contributed by atoms with Gasteiger partial charge in [-0.3, -0.25) is 4.79 Å². The van der Waals surface area contributed by atoms with Crippen LogP contribution in [0.25, 0.3) is 0 Å². The molecule has 0 unspecified atom stereocenters. The van der Waals surface area contributed by atoms with E-state index in [0.717, 1.165) is 0 Å². The van der Waals surface area contributed by atoms with Crippen molar-refractivity contribution in [1.82, 2.24) is 4.99 Å². The van der Waals surface area contributed by atoms with E-state index in [2.05, 4.69) is 4.99 Å². The molecule has 0 fully saturated rings. The van der Waals surface area contributed by atoms with Crippen molar-refractivity contribution in [1.29, 1.82) is 0 Å². The summed E-state index contributed by atoms with van der Waals surface area (Å²) in [5, 5.41) is 0. The van der Waals surface area contributed by atoms with E-state index in [4.69, 9.17) is 5.73 Å². The molecule has 3 nitrogen and oxygen atoms in total. The SMILES string of the molecule is CC1=C(C(N)=O)C=CC=[N+]1. The van der Waals surface area contributed by atoms with Gasteiger partial charge in [-0.05, 0) is 6.08 Å². The van der Waals surface area contributed by atoms with Crippen molar-refractivity contribution in [2.45, 2.75) is 6.92 Å². The minimum absolute atomic E-state index is 0.425. The molecule has 0 atom stereocenters. The zero-order valence-corrected chi connectivity index (χ0v) is 5.66. The van der Waals surface area contributed by atoms with Crippen molar-refractivity contribution >= 4 is 12.1 Å². The average molecular weight is 136 g/mol. The summed E-state index contributed by atoms with van der Waals surface area (Å²) in [5.74, 6) is -0.425. The fourth-order valence-electron chi connectivity index (χ4n) is 0.745. The predicted octanol–water partition coefficient (Wildman–Crippen LogP) is -0.278. The number of primary amides is 1. The van der Waals surface area contributed by atoms with Crippen LogP contribution in [0.2, 0.25) is 0 Å². The van der Waals surface area contributed by atoms with Crippen LogP contribution in [0.1, 0.15) is 6.92 Å². The third-order valence-corrected chi connectivity index (χ3v) is 1.27. The van der Waals surface area contributed by atoms with E-state index in [1.165, 1.54) is 0 Å². The number of rotatable bonds is 1. The van der Waals surface area contributed by atoms with E-state index >= 15 is 0 Å². The number of nitrogens with zero attached hydrogens (tertiary/aromatic N) is 1. The van der Waals surface area contributed by atoms with Crippen LogP contribution in [0, 0.1) is 0 Å². The summed E-state index contributed by atoms with van der Waals surface area (Å²) in [7, 11) is 0. The maximum atomic E-state index is 10.6. The molecule has 0 bridgehead atoms. The molecule has 51 valence electrons. The Morgan fingerprint density at radius 3 is 2.80 bits per heavy atom. The van der Waals surface area contributed by atoms with Crippen LogP contribution < -0.4 is 10.7 Å². The van der Waals surface area contributed by atoms with Gasteiger partial charge in [0.1, 0.15) is 5.57 Å². The highest BCUT2D eigenvalue weighted by Gasteiger charge is 2.14. The van der Waals surface area contributed by atoms with Gasteiger partial charge in [0.25, 0.3) is 11.6 Å². The second-order valence-corrected chi connectivity index (χ2v) is 2.00. The first-order valence-electron chi connectivity index (χ1n) is 2.93. The van der Waals surface area contributed by atoms with E-state index in [-0.39, 0.29) is 0 Å². The van der Waals surface area contributed by atoms with Crippen LogP contribution in [0.3, 0.4) is 0 Å². The summed E-state index contributed by atoms with van der Waals surface area (Å²) >= 11 is 0. The summed E-state index contributed by atoms with van der Waals surface area (Å²) in [6.45, 7) is 1.75. The quantitative estimate of drug-likeness (QED) is 0.529. The highest BCUT2D eigenvalue weighted by atomic mass is 16.1. The van der Waals surface area contributed by atoms with Crippen LogP contribution in [0.15, 0.2) is 23.4 Å². The van der Waals surface area contributed by atoms with Crippen molar-refractivity contribution in [2.24, 2.45) is 5.73 Å². The Balaban J connectivity index is 3.04. The summed E-state index contributed by atoms with van der Waals surface area (Å²) in [5.41, 5.74) is 6.20. The smallest absolute Gasteiger partial charge is 0.263 e. The lowest BCUT2D eigenvalue weighted by Crippen LogP contribution is -2.16. The van der Waals surface area contributed by atoms with Crippen molar-refractivity contribution in [3.63, 3.8) is 0 Å². The van der Waals surface area contributed by atoms with Gasteiger partial charge in [0, 0.05) is 13.0 Å². The Morgan fingerprint density at radius 2 is 2.40 bits per heavy atom. The summed E-state index contributed by atoms with van der Waals surface area (Å²) in [4.78, 5) is 14.5. The molecule has 0 aliphatic carbocycles. The summed E-state index contributed by atoms with van der Waals surface area (Å²) in [6.07, 6.45) is 4.97. The molecule has 0 saturated carbocycles. The molecular weight excluding hydrogens is 128 g/mol. The first-order valence-corrected chi connectivity index (χ1v) is 2.93. The lowest BCUT2D eigenvalue weighted by atomic mass is 10.1. The summed E-state index contributed by atoms with van der Waals surface area (Å²) in [6, 6.07) is 0. The number of hydrogen-bond acceptors (Lipinski definition) is 2. The van der Waals surface area contributed by atoms with Crippen LogP contribution >= 0.6 is 0 Å². The molecule has 3 heteroatoms. The molecule has 1 heterocycles. The van der Waals surface area contributed by atoms with Gasteiger partial charge in [-0.1, -0.05) is 0 Å². The number of allylic oxidation sites excluding steroid dienone is 2. The first-order chi connectivity index (χ1) is 4.72. The van der Waals surface area contributed by atoms with Crippen LogP contribution in [-0.2, 0) is 4.79 Å². The standard InChI is InChI=1S/C7H8N2O/c1-5-6(7(8)10)3-2-4-9-5/h2-4H,1H3,(H2,8,10)/q+1. The zero-order chi connectivity index (χ0) is 7.56. The largest absolute Gasteiger partial charge is 0.365 e.